The summed E-state index contributed by atoms with van der Waals surface area (Å²) in [6.45, 7) is 10.2. The van der Waals surface area contributed by atoms with Crippen molar-refractivity contribution in [3.05, 3.63) is 29.8 Å². The monoisotopic (exact) mass is 292 g/mol. The molecule has 1 saturated heterocycles. The molecular weight excluding hydrogens is 264 g/mol. The van der Waals surface area contributed by atoms with Gasteiger partial charge in [0, 0.05) is 13.1 Å². The lowest BCUT2D eigenvalue weighted by molar-refractivity contribution is -0.0444. The average Bonchev–Trinajstić information content (AvgIpc) is 2.49. The lowest BCUT2D eigenvalue weighted by Gasteiger charge is -2.36. The quantitative estimate of drug-likeness (QED) is 0.873. The van der Waals surface area contributed by atoms with Gasteiger partial charge in [0.25, 0.3) is 0 Å². The van der Waals surface area contributed by atoms with E-state index in [1.807, 2.05) is 33.0 Å². The van der Waals surface area contributed by atoms with Crippen molar-refractivity contribution in [2.75, 3.05) is 33.3 Å². The van der Waals surface area contributed by atoms with E-state index in [1.54, 1.807) is 0 Å². The fraction of sp³-hybridized carbons (Fsp3) is 0.647. The maximum atomic E-state index is 5.98. The van der Waals surface area contributed by atoms with E-state index >= 15 is 0 Å². The molecule has 1 aliphatic rings. The van der Waals surface area contributed by atoms with Crippen LogP contribution in [0, 0.1) is 0 Å². The van der Waals surface area contributed by atoms with Crippen LogP contribution < -0.4 is 10.1 Å². The number of nitrogens with zero attached hydrogens (tertiary/aromatic N) is 1. The molecule has 1 heterocycles. The minimum absolute atomic E-state index is 0.195. The van der Waals surface area contributed by atoms with E-state index in [0.29, 0.717) is 0 Å². The zero-order chi connectivity index (χ0) is 15.2. The first-order valence-corrected chi connectivity index (χ1v) is 7.91. The molecule has 1 aromatic carbocycles. The van der Waals surface area contributed by atoms with E-state index < -0.39 is 0 Å². The van der Waals surface area contributed by atoms with Crippen molar-refractivity contribution in [1.29, 1.82) is 0 Å². The molecular formula is C17H28N2O2. The van der Waals surface area contributed by atoms with Gasteiger partial charge in [-0.3, -0.25) is 4.90 Å². The Hall–Kier alpha value is -1.10. The standard InChI is InChI=1S/C17H28N2O2/c1-5-19-10-11-20-16(12-19)17(18-4)14-6-8-15(9-7-14)21-13(2)3/h6-9,13,16-18H,5,10-12H2,1-4H3. The lowest BCUT2D eigenvalue weighted by atomic mass is 10.00. The van der Waals surface area contributed by atoms with Gasteiger partial charge in [0.05, 0.1) is 24.9 Å². The highest BCUT2D eigenvalue weighted by Gasteiger charge is 2.27. The average molecular weight is 292 g/mol. The molecule has 4 heteroatoms. The van der Waals surface area contributed by atoms with Crippen molar-refractivity contribution < 1.29 is 9.47 Å². The summed E-state index contributed by atoms with van der Waals surface area (Å²) in [4.78, 5) is 2.44. The maximum Gasteiger partial charge on any atom is 0.119 e. The van der Waals surface area contributed by atoms with Crippen molar-refractivity contribution in [1.82, 2.24) is 10.2 Å². The second kappa shape index (κ2) is 7.78. The third-order valence-electron chi connectivity index (χ3n) is 3.92. The molecule has 0 aliphatic carbocycles. The van der Waals surface area contributed by atoms with Gasteiger partial charge in [0.2, 0.25) is 0 Å². The molecule has 4 nitrogen and oxygen atoms in total. The van der Waals surface area contributed by atoms with Crippen LogP contribution >= 0.6 is 0 Å². The molecule has 1 fully saturated rings. The van der Waals surface area contributed by atoms with Crippen LogP contribution in [0.5, 0.6) is 5.75 Å². The molecule has 1 aromatic rings. The largest absolute Gasteiger partial charge is 0.491 e. The molecule has 1 N–H and O–H groups in total. The number of rotatable bonds is 6. The van der Waals surface area contributed by atoms with Crippen LogP contribution in [0.15, 0.2) is 24.3 Å². The number of likely N-dealkylation sites (N-methyl/N-ethyl adjacent to an activating group) is 2. The summed E-state index contributed by atoms with van der Waals surface area (Å²) < 4.78 is 11.7. The van der Waals surface area contributed by atoms with Gasteiger partial charge in [-0.05, 0) is 45.1 Å². The molecule has 21 heavy (non-hydrogen) atoms. The third-order valence-corrected chi connectivity index (χ3v) is 3.92. The van der Waals surface area contributed by atoms with Gasteiger partial charge in [-0.2, -0.15) is 0 Å². The number of hydrogen-bond acceptors (Lipinski definition) is 4. The first-order valence-electron chi connectivity index (χ1n) is 7.91. The second-order valence-electron chi connectivity index (χ2n) is 5.80. The zero-order valence-electron chi connectivity index (χ0n) is 13.6. The van der Waals surface area contributed by atoms with Crippen LogP contribution in [0.2, 0.25) is 0 Å². The number of ether oxygens (including phenoxy) is 2. The Labute approximate surface area is 128 Å². The Bertz CT molecular complexity index is 419. The summed E-state index contributed by atoms with van der Waals surface area (Å²) in [5.41, 5.74) is 1.25. The van der Waals surface area contributed by atoms with Crippen LogP contribution in [-0.2, 0) is 4.74 Å². The van der Waals surface area contributed by atoms with Crippen molar-refractivity contribution in [2.24, 2.45) is 0 Å². The Kier molecular flexibility index (Phi) is 6.03. The SMILES string of the molecule is CCN1CCOC(C(NC)c2ccc(OC(C)C)cc2)C1. The van der Waals surface area contributed by atoms with Gasteiger partial charge in [-0.1, -0.05) is 19.1 Å². The van der Waals surface area contributed by atoms with E-state index in [0.717, 1.165) is 32.0 Å². The molecule has 0 saturated carbocycles. The highest BCUT2D eigenvalue weighted by atomic mass is 16.5. The van der Waals surface area contributed by atoms with Crippen LogP contribution in [0.1, 0.15) is 32.4 Å². The minimum atomic E-state index is 0.195. The van der Waals surface area contributed by atoms with Gasteiger partial charge in [-0.15, -0.1) is 0 Å². The summed E-state index contributed by atoms with van der Waals surface area (Å²) >= 11 is 0. The minimum Gasteiger partial charge on any atom is -0.491 e. The smallest absolute Gasteiger partial charge is 0.119 e. The number of benzene rings is 1. The normalized spacial score (nSPS) is 21.5. The van der Waals surface area contributed by atoms with Gasteiger partial charge < -0.3 is 14.8 Å². The molecule has 2 rings (SSSR count). The van der Waals surface area contributed by atoms with Crippen molar-refractivity contribution in [2.45, 2.75) is 39.0 Å². The molecule has 2 atom stereocenters. The van der Waals surface area contributed by atoms with E-state index in [-0.39, 0.29) is 18.2 Å². The Morgan fingerprint density at radius 3 is 2.62 bits per heavy atom. The highest BCUT2D eigenvalue weighted by Crippen LogP contribution is 2.24. The Morgan fingerprint density at radius 2 is 2.05 bits per heavy atom. The van der Waals surface area contributed by atoms with Crippen LogP contribution in [0.3, 0.4) is 0 Å². The first-order chi connectivity index (χ1) is 10.1. The van der Waals surface area contributed by atoms with E-state index in [2.05, 4.69) is 29.3 Å². The summed E-state index contributed by atoms with van der Waals surface area (Å²) in [6, 6.07) is 8.56. The van der Waals surface area contributed by atoms with E-state index in [4.69, 9.17) is 9.47 Å². The molecule has 2 unspecified atom stereocenters. The fourth-order valence-corrected chi connectivity index (χ4v) is 2.81. The van der Waals surface area contributed by atoms with E-state index in [1.165, 1.54) is 5.56 Å². The number of nitrogens with one attached hydrogen (secondary N) is 1. The molecule has 118 valence electrons. The van der Waals surface area contributed by atoms with Gasteiger partial charge in [0.15, 0.2) is 0 Å². The predicted molar refractivity (Wildman–Crippen MR) is 85.9 cm³/mol. The zero-order valence-corrected chi connectivity index (χ0v) is 13.6. The summed E-state index contributed by atoms with van der Waals surface area (Å²) in [5, 5.41) is 3.40. The van der Waals surface area contributed by atoms with Crippen LogP contribution in [0.25, 0.3) is 0 Å². The summed E-state index contributed by atoms with van der Waals surface area (Å²) in [7, 11) is 2.00. The van der Waals surface area contributed by atoms with Crippen molar-refractivity contribution >= 4 is 0 Å². The maximum absolute atomic E-state index is 5.98. The van der Waals surface area contributed by atoms with E-state index in [9.17, 15) is 0 Å². The summed E-state index contributed by atoms with van der Waals surface area (Å²) in [6.07, 6.45) is 0.399. The highest BCUT2D eigenvalue weighted by molar-refractivity contribution is 5.30. The number of hydrogen-bond donors (Lipinski definition) is 1. The predicted octanol–water partition coefficient (Wildman–Crippen LogP) is 2.46. The molecule has 0 spiro atoms. The number of morpholine rings is 1. The lowest BCUT2D eigenvalue weighted by Crippen LogP contribution is -2.47. The third kappa shape index (κ3) is 4.43. The van der Waals surface area contributed by atoms with Crippen molar-refractivity contribution in [3.8, 4) is 5.75 Å². The fourth-order valence-electron chi connectivity index (χ4n) is 2.81. The molecule has 0 amide bonds. The Balaban J connectivity index is 2.06. The summed E-state index contributed by atoms with van der Waals surface area (Å²) in [5.74, 6) is 0.920. The van der Waals surface area contributed by atoms with Gasteiger partial charge >= 0.3 is 0 Å². The second-order valence-corrected chi connectivity index (χ2v) is 5.80. The molecule has 1 aliphatic heterocycles. The topological polar surface area (TPSA) is 33.7 Å². The molecule has 0 aromatic heterocycles. The van der Waals surface area contributed by atoms with Gasteiger partial charge in [0.1, 0.15) is 5.75 Å². The van der Waals surface area contributed by atoms with Crippen LogP contribution in [-0.4, -0.2) is 50.4 Å². The first kappa shape index (κ1) is 16.3. The Morgan fingerprint density at radius 1 is 1.33 bits per heavy atom. The molecule has 0 bridgehead atoms. The molecule has 0 radical (unpaired) electrons. The van der Waals surface area contributed by atoms with Crippen LogP contribution in [0.4, 0.5) is 0 Å². The van der Waals surface area contributed by atoms with Crippen molar-refractivity contribution in [3.63, 3.8) is 0 Å². The van der Waals surface area contributed by atoms with Gasteiger partial charge in [-0.25, -0.2) is 0 Å².